The Kier molecular flexibility index (Phi) is 3.12. The molecule has 15 heavy (non-hydrogen) atoms. The fourth-order valence-corrected chi connectivity index (χ4v) is 2.95. The van der Waals surface area contributed by atoms with Crippen LogP contribution in [0.15, 0.2) is 0 Å². The van der Waals surface area contributed by atoms with Crippen LogP contribution in [0, 0.1) is 0 Å². The monoisotopic (exact) mass is 211 g/mol. The number of ether oxygens (including phenoxy) is 1. The molecule has 0 aromatic rings. The standard InChI is InChI=1S/C12H21NO2/c1-8-6-12(9(2)15-8)13(3)10-4-5-11(14)7-10/h8-10,12H,4-7H2,1-3H3. The molecule has 2 aliphatic rings. The van der Waals surface area contributed by atoms with E-state index in [-0.39, 0.29) is 0 Å². The summed E-state index contributed by atoms with van der Waals surface area (Å²) in [6, 6.07) is 0.953. The predicted octanol–water partition coefficient (Wildman–Crippen LogP) is 1.61. The number of Topliss-reactive ketones (excluding diaryl/α,β-unsaturated/α-hetero) is 1. The zero-order valence-electron chi connectivity index (χ0n) is 9.90. The Labute approximate surface area is 91.8 Å². The minimum absolute atomic E-state index is 0.306. The van der Waals surface area contributed by atoms with Crippen molar-refractivity contribution in [3.05, 3.63) is 0 Å². The van der Waals surface area contributed by atoms with Gasteiger partial charge in [-0.15, -0.1) is 0 Å². The van der Waals surface area contributed by atoms with Gasteiger partial charge in [0, 0.05) is 24.9 Å². The molecule has 0 aromatic carbocycles. The van der Waals surface area contributed by atoms with Gasteiger partial charge in [0.05, 0.1) is 12.2 Å². The van der Waals surface area contributed by atoms with E-state index in [9.17, 15) is 4.79 Å². The second kappa shape index (κ2) is 4.22. The second-order valence-corrected chi connectivity index (χ2v) is 5.06. The average Bonchev–Trinajstić information content (AvgIpc) is 2.71. The molecule has 1 saturated carbocycles. The Balaban J connectivity index is 1.95. The highest BCUT2D eigenvalue weighted by atomic mass is 16.5. The topological polar surface area (TPSA) is 29.5 Å². The van der Waals surface area contributed by atoms with Crippen LogP contribution in [0.25, 0.3) is 0 Å². The summed E-state index contributed by atoms with van der Waals surface area (Å²) in [4.78, 5) is 13.6. The van der Waals surface area contributed by atoms with Crippen molar-refractivity contribution in [3.8, 4) is 0 Å². The van der Waals surface area contributed by atoms with Crippen LogP contribution < -0.4 is 0 Å². The summed E-state index contributed by atoms with van der Waals surface area (Å²) in [6.45, 7) is 4.27. The quantitative estimate of drug-likeness (QED) is 0.695. The fraction of sp³-hybridized carbons (Fsp3) is 0.917. The lowest BCUT2D eigenvalue weighted by molar-refractivity contribution is -0.117. The van der Waals surface area contributed by atoms with E-state index in [1.165, 1.54) is 0 Å². The first-order valence-corrected chi connectivity index (χ1v) is 5.97. The number of rotatable bonds is 2. The molecule has 0 aromatic heterocycles. The molecule has 0 amide bonds. The first-order valence-electron chi connectivity index (χ1n) is 5.97. The van der Waals surface area contributed by atoms with Crippen LogP contribution in [-0.4, -0.2) is 42.0 Å². The van der Waals surface area contributed by atoms with E-state index in [0.29, 0.717) is 30.1 Å². The molecule has 4 atom stereocenters. The fourth-order valence-electron chi connectivity index (χ4n) is 2.95. The van der Waals surface area contributed by atoms with Crippen LogP contribution in [0.3, 0.4) is 0 Å². The van der Waals surface area contributed by atoms with Gasteiger partial charge in [0.1, 0.15) is 5.78 Å². The molecule has 1 aliphatic carbocycles. The number of nitrogens with zero attached hydrogens (tertiary/aromatic N) is 1. The molecule has 3 heteroatoms. The van der Waals surface area contributed by atoms with Gasteiger partial charge in [-0.1, -0.05) is 0 Å². The van der Waals surface area contributed by atoms with Gasteiger partial charge in [0.2, 0.25) is 0 Å². The summed E-state index contributed by atoms with van der Waals surface area (Å²) in [5.41, 5.74) is 0. The van der Waals surface area contributed by atoms with Gasteiger partial charge < -0.3 is 4.74 Å². The zero-order chi connectivity index (χ0) is 11.0. The molecule has 2 rings (SSSR count). The largest absolute Gasteiger partial charge is 0.374 e. The predicted molar refractivity (Wildman–Crippen MR) is 58.8 cm³/mol. The molecule has 0 radical (unpaired) electrons. The SMILES string of the molecule is CC1CC(N(C)C2CCC(=O)C2)C(C)O1. The maximum absolute atomic E-state index is 11.3. The lowest BCUT2D eigenvalue weighted by atomic mass is 10.1. The highest BCUT2D eigenvalue weighted by Gasteiger charge is 2.37. The Morgan fingerprint density at radius 1 is 1.40 bits per heavy atom. The third-order valence-corrected chi connectivity index (χ3v) is 3.88. The maximum Gasteiger partial charge on any atom is 0.134 e. The number of hydrogen-bond acceptors (Lipinski definition) is 3. The summed E-state index contributed by atoms with van der Waals surface area (Å²) < 4.78 is 5.75. The van der Waals surface area contributed by atoms with Crippen molar-refractivity contribution in [3.63, 3.8) is 0 Å². The average molecular weight is 211 g/mol. The van der Waals surface area contributed by atoms with Gasteiger partial charge >= 0.3 is 0 Å². The molecule has 0 spiro atoms. The van der Waals surface area contributed by atoms with E-state index in [1.807, 2.05) is 0 Å². The third-order valence-electron chi connectivity index (χ3n) is 3.88. The molecule has 1 saturated heterocycles. The molecule has 3 nitrogen and oxygen atoms in total. The third kappa shape index (κ3) is 2.23. The Morgan fingerprint density at radius 3 is 2.60 bits per heavy atom. The summed E-state index contributed by atoms with van der Waals surface area (Å²) in [5.74, 6) is 0.423. The minimum Gasteiger partial charge on any atom is -0.374 e. The summed E-state index contributed by atoms with van der Waals surface area (Å²) >= 11 is 0. The molecule has 4 unspecified atom stereocenters. The molecular weight excluding hydrogens is 190 g/mol. The van der Waals surface area contributed by atoms with Crippen LogP contribution in [0.1, 0.15) is 39.5 Å². The van der Waals surface area contributed by atoms with Crippen molar-refractivity contribution >= 4 is 5.78 Å². The minimum atomic E-state index is 0.306. The summed E-state index contributed by atoms with van der Waals surface area (Å²) in [6.07, 6.45) is 4.32. The Morgan fingerprint density at radius 2 is 2.13 bits per heavy atom. The molecule has 1 heterocycles. The number of carbonyl (C=O) groups is 1. The molecule has 2 fully saturated rings. The van der Waals surface area contributed by atoms with Gasteiger partial charge in [-0.25, -0.2) is 0 Å². The molecule has 86 valence electrons. The van der Waals surface area contributed by atoms with Gasteiger partial charge in [-0.2, -0.15) is 0 Å². The highest BCUT2D eigenvalue weighted by molar-refractivity contribution is 5.81. The van der Waals surface area contributed by atoms with Crippen LogP contribution in [0.2, 0.25) is 0 Å². The summed E-state index contributed by atoms with van der Waals surface area (Å²) in [7, 11) is 2.14. The molecule has 0 bridgehead atoms. The van der Waals surface area contributed by atoms with Crippen LogP contribution in [0.4, 0.5) is 0 Å². The number of hydrogen-bond donors (Lipinski definition) is 0. The van der Waals surface area contributed by atoms with Gasteiger partial charge in [0.15, 0.2) is 0 Å². The van der Waals surface area contributed by atoms with Crippen molar-refractivity contribution in [2.45, 2.75) is 63.8 Å². The van der Waals surface area contributed by atoms with Gasteiger partial charge in [-0.05, 0) is 33.7 Å². The van der Waals surface area contributed by atoms with Crippen molar-refractivity contribution < 1.29 is 9.53 Å². The van der Waals surface area contributed by atoms with Gasteiger partial charge in [-0.3, -0.25) is 9.69 Å². The number of ketones is 1. The molecule has 0 N–H and O–H groups in total. The van der Waals surface area contributed by atoms with Crippen molar-refractivity contribution in [2.75, 3.05) is 7.05 Å². The Bertz CT molecular complexity index is 254. The normalized spacial score (nSPS) is 41.7. The van der Waals surface area contributed by atoms with Crippen molar-refractivity contribution in [1.29, 1.82) is 0 Å². The van der Waals surface area contributed by atoms with E-state index in [2.05, 4.69) is 25.8 Å². The second-order valence-electron chi connectivity index (χ2n) is 5.06. The summed E-state index contributed by atoms with van der Waals surface area (Å²) in [5, 5.41) is 0. The first-order chi connectivity index (χ1) is 7.08. The number of likely N-dealkylation sites (N-methyl/N-ethyl adjacent to an activating group) is 1. The first kappa shape index (κ1) is 11.1. The molecular formula is C12H21NO2. The van der Waals surface area contributed by atoms with Crippen LogP contribution in [0.5, 0.6) is 0 Å². The Hall–Kier alpha value is -0.410. The van der Waals surface area contributed by atoms with Crippen molar-refractivity contribution in [2.24, 2.45) is 0 Å². The van der Waals surface area contributed by atoms with Crippen LogP contribution in [-0.2, 0) is 9.53 Å². The lowest BCUT2D eigenvalue weighted by Gasteiger charge is -2.31. The zero-order valence-corrected chi connectivity index (χ0v) is 9.90. The highest BCUT2D eigenvalue weighted by Crippen LogP contribution is 2.29. The molecule has 1 aliphatic heterocycles. The van der Waals surface area contributed by atoms with E-state index < -0.39 is 0 Å². The van der Waals surface area contributed by atoms with E-state index in [4.69, 9.17) is 4.74 Å². The van der Waals surface area contributed by atoms with E-state index >= 15 is 0 Å². The van der Waals surface area contributed by atoms with Gasteiger partial charge in [0.25, 0.3) is 0 Å². The van der Waals surface area contributed by atoms with Crippen molar-refractivity contribution in [1.82, 2.24) is 4.90 Å². The number of carbonyl (C=O) groups excluding carboxylic acids is 1. The van der Waals surface area contributed by atoms with E-state index in [1.54, 1.807) is 0 Å². The lowest BCUT2D eigenvalue weighted by Crippen LogP contribution is -2.42. The van der Waals surface area contributed by atoms with Crippen LogP contribution >= 0.6 is 0 Å². The van der Waals surface area contributed by atoms with E-state index in [0.717, 1.165) is 25.7 Å². The smallest absolute Gasteiger partial charge is 0.134 e. The maximum atomic E-state index is 11.3.